The minimum Gasteiger partial charge on any atom is -0.422 e. The van der Waals surface area contributed by atoms with Gasteiger partial charge < -0.3 is 9.32 Å². The van der Waals surface area contributed by atoms with Gasteiger partial charge in [-0.05, 0) is 134 Å². The van der Waals surface area contributed by atoms with Crippen LogP contribution < -0.4 is 10.5 Å². The van der Waals surface area contributed by atoms with Gasteiger partial charge in [-0.3, -0.25) is 0 Å². The SMILES string of the molecule is Cc1cc2c(=O)oc3ccccc3c2cc1-c1ccccc1C(C)c1ccccc1-c1ccc(N(c2ccc(-c3ccccc3)cc2)c2ccc3c(c2)C(C)(C)c2ccccc2-3)cc1. The Kier molecular flexibility index (Phi) is 9.51. The molecular formula is C61H47NO2. The molecule has 1 unspecified atom stereocenters. The molecule has 10 aromatic rings. The predicted molar refractivity (Wildman–Crippen MR) is 267 cm³/mol. The summed E-state index contributed by atoms with van der Waals surface area (Å²) in [6.07, 6.45) is 0. The lowest BCUT2D eigenvalue weighted by atomic mass is 9.82. The molecule has 64 heavy (non-hydrogen) atoms. The summed E-state index contributed by atoms with van der Waals surface area (Å²) in [4.78, 5) is 15.5. The Balaban J connectivity index is 0.980. The van der Waals surface area contributed by atoms with E-state index in [2.05, 4.69) is 209 Å². The van der Waals surface area contributed by atoms with Crippen molar-refractivity contribution >= 4 is 38.8 Å². The number of fused-ring (bicyclic) bond motifs is 6. The van der Waals surface area contributed by atoms with Crippen molar-refractivity contribution in [3.63, 3.8) is 0 Å². The van der Waals surface area contributed by atoms with Crippen molar-refractivity contribution in [3.05, 3.63) is 244 Å². The zero-order valence-electron chi connectivity index (χ0n) is 36.5. The van der Waals surface area contributed by atoms with Crippen LogP contribution in [0.15, 0.2) is 215 Å². The van der Waals surface area contributed by atoms with Crippen LogP contribution in [0.3, 0.4) is 0 Å². The molecule has 9 aromatic carbocycles. The highest BCUT2D eigenvalue weighted by Crippen LogP contribution is 2.51. The first-order valence-corrected chi connectivity index (χ1v) is 22.2. The van der Waals surface area contributed by atoms with Crippen LogP contribution in [0.2, 0.25) is 0 Å². The fraction of sp³-hybridized carbons (Fsp3) is 0.0984. The van der Waals surface area contributed by atoms with Gasteiger partial charge in [-0.25, -0.2) is 4.79 Å². The second-order valence-electron chi connectivity index (χ2n) is 17.7. The molecule has 1 aromatic heterocycles. The maximum atomic E-state index is 13.1. The van der Waals surface area contributed by atoms with Gasteiger partial charge in [0.1, 0.15) is 5.58 Å². The van der Waals surface area contributed by atoms with E-state index < -0.39 is 0 Å². The summed E-state index contributed by atoms with van der Waals surface area (Å²) in [5, 5.41) is 2.45. The van der Waals surface area contributed by atoms with E-state index in [0.29, 0.717) is 11.0 Å². The van der Waals surface area contributed by atoms with Gasteiger partial charge in [0, 0.05) is 39.2 Å². The summed E-state index contributed by atoms with van der Waals surface area (Å²) in [6, 6.07) is 73.9. The third kappa shape index (κ3) is 6.55. The largest absolute Gasteiger partial charge is 0.422 e. The standard InChI is InChI=1S/C61H47NO2/c1-39-36-56-55(53-23-13-15-25-59(53)64-60(56)63)38-54(39)50-21-11-9-19-48(50)40(2)47-18-8-10-20-49(47)43-28-32-45(33-29-43)62(44-30-26-42(27-31-44)41-16-6-5-7-17-41)46-34-35-52-51-22-12-14-24-57(51)61(3,4)58(52)37-46/h5-38,40H,1-4H3. The van der Waals surface area contributed by atoms with E-state index in [0.717, 1.165) is 50.1 Å². The third-order valence-electron chi connectivity index (χ3n) is 13.6. The molecule has 0 amide bonds. The molecule has 0 bridgehead atoms. The van der Waals surface area contributed by atoms with Gasteiger partial charge in [0.15, 0.2) is 0 Å². The van der Waals surface area contributed by atoms with Crippen LogP contribution in [0.4, 0.5) is 17.1 Å². The number of para-hydroxylation sites is 1. The molecular weight excluding hydrogens is 779 g/mol. The highest BCUT2D eigenvalue weighted by atomic mass is 16.4. The quantitative estimate of drug-likeness (QED) is 0.113. The minimum absolute atomic E-state index is 0.0679. The summed E-state index contributed by atoms with van der Waals surface area (Å²) >= 11 is 0. The molecule has 1 atom stereocenters. The van der Waals surface area contributed by atoms with Crippen LogP contribution in [0.1, 0.15) is 54.5 Å². The van der Waals surface area contributed by atoms with E-state index in [1.165, 1.54) is 50.1 Å². The molecule has 1 aliphatic rings. The van der Waals surface area contributed by atoms with Crippen LogP contribution in [-0.2, 0) is 5.41 Å². The summed E-state index contributed by atoms with van der Waals surface area (Å²) in [6.45, 7) is 9.08. The first-order chi connectivity index (χ1) is 31.2. The molecule has 0 spiro atoms. The minimum atomic E-state index is -0.309. The first-order valence-electron chi connectivity index (χ1n) is 22.2. The van der Waals surface area contributed by atoms with Crippen molar-refractivity contribution in [1.29, 1.82) is 0 Å². The Hall–Kier alpha value is -7.75. The molecule has 0 fully saturated rings. The van der Waals surface area contributed by atoms with Gasteiger partial charge in [-0.15, -0.1) is 0 Å². The van der Waals surface area contributed by atoms with Gasteiger partial charge in [0.2, 0.25) is 0 Å². The summed E-state index contributed by atoms with van der Waals surface area (Å²) in [5.41, 5.74) is 19.4. The Morgan fingerprint density at radius 3 is 1.72 bits per heavy atom. The molecule has 0 saturated carbocycles. The number of benzene rings is 9. The smallest absolute Gasteiger partial charge is 0.344 e. The maximum Gasteiger partial charge on any atom is 0.344 e. The average Bonchev–Trinajstić information content (AvgIpc) is 3.57. The molecule has 11 rings (SSSR count). The fourth-order valence-corrected chi connectivity index (χ4v) is 10.2. The van der Waals surface area contributed by atoms with Crippen LogP contribution in [0.5, 0.6) is 0 Å². The van der Waals surface area contributed by atoms with Gasteiger partial charge >= 0.3 is 5.63 Å². The van der Waals surface area contributed by atoms with Crippen LogP contribution in [0.25, 0.3) is 66.2 Å². The van der Waals surface area contributed by atoms with Gasteiger partial charge in [-0.2, -0.15) is 0 Å². The lowest BCUT2D eigenvalue weighted by Crippen LogP contribution is -2.16. The van der Waals surface area contributed by atoms with E-state index in [4.69, 9.17) is 4.42 Å². The number of hydrogen-bond acceptors (Lipinski definition) is 3. The Bertz CT molecular complexity index is 3450. The fourth-order valence-electron chi connectivity index (χ4n) is 10.2. The van der Waals surface area contributed by atoms with E-state index in [9.17, 15) is 4.79 Å². The number of nitrogens with zero attached hydrogens (tertiary/aromatic N) is 1. The van der Waals surface area contributed by atoms with E-state index in [1.54, 1.807) is 0 Å². The van der Waals surface area contributed by atoms with Crippen molar-refractivity contribution in [1.82, 2.24) is 0 Å². The zero-order chi connectivity index (χ0) is 43.5. The van der Waals surface area contributed by atoms with E-state index in [-0.39, 0.29) is 17.0 Å². The molecule has 3 nitrogen and oxygen atoms in total. The Morgan fingerprint density at radius 2 is 0.984 bits per heavy atom. The molecule has 1 heterocycles. The Labute approximate surface area is 374 Å². The van der Waals surface area contributed by atoms with Gasteiger partial charge in [0.25, 0.3) is 0 Å². The third-order valence-corrected chi connectivity index (χ3v) is 13.6. The Morgan fingerprint density at radius 1 is 0.438 bits per heavy atom. The van der Waals surface area contributed by atoms with Crippen molar-refractivity contribution in [2.45, 2.75) is 39.0 Å². The number of rotatable bonds is 8. The average molecular weight is 826 g/mol. The van der Waals surface area contributed by atoms with Crippen molar-refractivity contribution in [3.8, 4) is 44.5 Å². The highest BCUT2D eigenvalue weighted by Gasteiger charge is 2.35. The molecule has 0 saturated heterocycles. The highest BCUT2D eigenvalue weighted by molar-refractivity contribution is 6.06. The second-order valence-corrected chi connectivity index (χ2v) is 17.7. The molecule has 1 aliphatic carbocycles. The van der Waals surface area contributed by atoms with Crippen molar-refractivity contribution < 1.29 is 4.42 Å². The topological polar surface area (TPSA) is 33.5 Å². The van der Waals surface area contributed by atoms with Crippen molar-refractivity contribution in [2.75, 3.05) is 4.90 Å². The van der Waals surface area contributed by atoms with Gasteiger partial charge in [0.05, 0.1) is 5.39 Å². The van der Waals surface area contributed by atoms with Gasteiger partial charge in [-0.1, -0.05) is 172 Å². The maximum absolute atomic E-state index is 13.1. The lowest BCUT2D eigenvalue weighted by molar-refractivity contribution is 0.569. The van der Waals surface area contributed by atoms with Crippen LogP contribution in [0, 0.1) is 6.92 Å². The van der Waals surface area contributed by atoms with Crippen LogP contribution >= 0.6 is 0 Å². The molecule has 308 valence electrons. The summed E-state index contributed by atoms with van der Waals surface area (Å²) in [5.74, 6) is 0.0679. The van der Waals surface area contributed by atoms with Crippen molar-refractivity contribution in [2.24, 2.45) is 0 Å². The monoisotopic (exact) mass is 825 g/mol. The molecule has 0 radical (unpaired) electrons. The molecule has 3 heteroatoms. The summed E-state index contributed by atoms with van der Waals surface area (Å²) in [7, 11) is 0. The molecule has 0 aliphatic heterocycles. The van der Waals surface area contributed by atoms with E-state index >= 15 is 0 Å². The second kappa shape index (κ2) is 15.6. The van der Waals surface area contributed by atoms with E-state index in [1.807, 2.05) is 30.3 Å². The number of anilines is 3. The normalized spacial score (nSPS) is 13.1. The zero-order valence-corrected chi connectivity index (χ0v) is 36.5. The summed E-state index contributed by atoms with van der Waals surface area (Å²) < 4.78 is 5.71. The first kappa shape index (κ1) is 39.1. The number of aryl methyl sites for hydroxylation is 1. The lowest BCUT2D eigenvalue weighted by Gasteiger charge is -2.28. The van der Waals surface area contributed by atoms with Crippen LogP contribution in [-0.4, -0.2) is 0 Å². The molecule has 0 N–H and O–H groups in total. The number of hydrogen-bond donors (Lipinski definition) is 0. The predicted octanol–water partition coefficient (Wildman–Crippen LogP) is 16.2.